The first kappa shape index (κ1) is 23.1. The predicted octanol–water partition coefficient (Wildman–Crippen LogP) is 2.76. The third-order valence-corrected chi connectivity index (χ3v) is 6.80. The Hall–Kier alpha value is -2.08. The maximum Gasteiger partial charge on any atom is 0.389 e. The lowest BCUT2D eigenvalue weighted by molar-refractivity contribution is -0.146. The molecule has 4 rings (SSSR count). The highest BCUT2D eigenvalue weighted by atomic mass is 19.4. The van der Waals surface area contributed by atoms with Crippen LogP contribution in [0.5, 0.6) is 0 Å². The van der Waals surface area contributed by atoms with E-state index >= 15 is 4.39 Å². The van der Waals surface area contributed by atoms with Crippen molar-refractivity contribution in [3.8, 4) is 0 Å². The average molecular weight is 466 g/mol. The number of aromatic amines is 1. The van der Waals surface area contributed by atoms with Gasteiger partial charge in [-0.3, -0.25) is 19.2 Å². The van der Waals surface area contributed by atoms with Crippen LogP contribution in [0.2, 0.25) is 0 Å². The molecule has 1 aromatic heterocycles. The van der Waals surface area contributed by atoms with Gasteiger partial charge < -0.3 is 5.73 Å². The second-order valence-electron chi connectivity index (χ2n) is 8.95. The Morgan fingerprint density at radius 1 is 1.16 bits per heavy atom. The van der Waals surface area contributed by atoms with Crippen LogP contribution >= 0.6 is 0 Å². The highest BCUT2D eigenvalue weighted by Gasteiger charge is 2.49. The van der Waals surface area contributed by atoms with E-state index in [9.17, 15) is 31.5 Å². The Morgan fingerprint density at radius 3 is 2.31 bits per heavy atom. The number of nitrogens with zero attached hydrogens (tertiary/aromatic N) is 2. The molecular formula is C20H24F6N4O2. The Balaban J connectivity index is 1.82. The molecule has 6 nitrogen and oxygen atoms in total. The molecule has 12 heteroatoms. The minimum Gasteiger partial charge on any atom is -0.330 e. The van der Waals surface area contributed by atoms with Crippen molar-refractivity contribution in [2.45, 2.75) is 56.8 Å². The van der Waals surface area contributed by atoms with Crippen molar-refractivity contribution < 1.29 is 26.3 Å². The molecule has 1 aliphatic heterocycles. The minimum absolute atomic E-state index is 0.00236. The van der Waals surface area contributed by atoms with Gasteiger partial charge in [-0.25, -0.2) is 18.0 Å². The molecule has 0 aromatic carbocycles. The van der Waals surface area contributed by atoms with Gasteiger partial charge in [0.2, 0.25) is 0 Å². The molecule has 1 aromatic rings. The number of rotatable bonds is 5. The van der Waals surface area contributed by atoms with Gasteiger partial charge in [-0.05, 0) is 31.2 Å². The molecule has 2 fully saturated rings. The maximum absolute atomic E-state index is 15.5. The number of fused-ring (bicyclic) bond motifs is 1. The van der Waals surface area contributed by atoms with Gasteiger partial charge in [0.15, 0.2) is 0 Å². The molecule has 0 spiro atoms. The number of allylic oxidation sites excluding steroid dienone is 1. The molecule has 3 N–H and O–H groups in total. The number of aromatic nitrogens is 2. The van der Waals surface area contributed by atoms with Crippen molar-refractivity contribution in [3.63, 3.8) is 0 Å². The third kappa shape index (κ3) is 3.91. The Labute approximate surface area is 179 Å². The molecule has 0 bridgehead atoms. The predicted molar refractivity (Wildman–Crippen MR) is 104 cm³/mol. The zero-order chi connectivity index (χ0) is 23.5. The first-order valence-corrected chi connectivity index (χ1v) is 10.5. The van der Waals surface area contributed by atoms with Crippen molar-refractivity contribution in [2.75, 3.05) is 19.6 Å². The second-order valence-corrected chi connectivity index (χ2v) is 8.95. The third-order valence-electron chi connectivity index (χ3n) is 6.80. The molecule has 0 amide bonds. The second kappa shape index (κ2) is 8.05. The van der Waals surface area contributed by atoms with Crippen molar-refractivity contribution in [1.29, 1.82) is 0 Å². The zero-order valence-corrected chi connectivity index (χ0v) is 17.3. The number of nitrogens with one attached hydrogen (secondary N) is 1. The van der Waals surface area contributed by atoms with Crippen LogP contribution in [-0.2, 0) is 0 Å². The number of hydrogen-bond acceptors (Lipinski definition) is 4. The standard InChI is InChI=1S/C20H24F6N4O2/c1-8-15-13(18(31)28-19(32)30(15)11-2-3-11)12(17(22)23)14(21)16(8)29-6-9(4-20(24,25)26)10(5-27)7-29/h8-11,16-17H,2-7,27H2,1H3,(H,28,31,32). The molecule has 0 radical (unpaired) electrons. The first-order chi connectivity index (χ1) is 14.9. The summed E-state index contributed by atoms with van der Waals surface area (Å²) in [5.74, 6) is -3.62. The number of likely N-dealkylation sites (tertiary alicyclic amines) is 1. The molecule has 1 saturated heterocycles. The fraction of sp³-hybridized carbons (Fsp3) is 0.700. The molecule has 2 aliphatic carbocycles. The molecule has 4 atom stereocenters. The molecule has 4 unspecified atom stereocenters. The van der Waals surface area contributed by atoms with Gasteiger partial charge in [-0.2, -0.15) is 13.2 Å². The molecule has 3 aliphatic rings. The SMILES string of the molecule is CC1c2c(c(=O)[nH]c(=O)n2C2CC2)C(C(F)F)=C(F)C1N1CC(CN)C(CC(F)(F)F)C1. The summed E-state index contributed by atoms with van der Waals surface area (Å²) in [5, 5.41) is 0. The van der Waals surface area contributed by atoms with E-state index in [4.69, 9.17) is 5.73 Å². The number of H-pyrrole nitrogens is 1. The van der Waals surface area contributed by atoms with Gasteiger partial charge in [-0.15, -0.1) is 0 Å². The van der Waals surface area contributed by atoms with Crippen molar-refractivity contribution in [2.24, 2.45) is 17.6 Å². The number of halogens is 6. The topological polar surface area (TPSA) is 84.1 Å². The van der Waals surface area contributed by atoms with E-state index in [1.54, 1.807) is 0 Å². The van der Waals surface area contributed by atoms with E-state index in [-0.39, 0.29) is 31.4 Å². The smallest absolute Gasteiger partial charge is 0.330 e. The van der Waals surface area contributed by atoms with Gasteiger partial charge in [-0.1, -0.05) is 6.92 Å². The van der Waals surface area contributed by atoms with Gasteiger partial charge in [0.1, 0.15) is 5.83 Å². The van der Waals surface area contributed by atoms with Crippen LogP contribution in [0.3, 0.4) is 0 Å². The Morgan fingerprint density at radius 2 is 1.78 bits per heavy atom. The van der Waals surface area contributed by atoms with Crippen LogP contribution in [0.4, 0.5) is 26.3 Å². The zero-order valence-electron chi connectivity index (χ0n) is 17.3. The summed E-state index contributed by atoms with van der Waals surface area (Å²) in [6.45, 7) is 1.28. The molecule has 178 valence electrons. The lowest BCUT2D eigenvalue weighted by atomic mass is 9.82. The Kier molecular flexibility index (Phi) is 5.81. The monoisotopic (exact) mass is 466 g/mol. The fourth-order valence-electron chi connectivity index (χ4n) is 5.30. The van der Waals surface area contributed by atoms with Crippen LogP contribution in [-0.4, -0.2) is 52.7 Å². The number of nitrogens with two attached hydrogens (primary N) is 1. The van der Waals surface area contributed by atoms with Crippen LogP contribution < -0.4 is 17.0 Å². The first-order valence-electron chi connectivity index (χ1n) is 10.5. The van der Waals surface area contributed by atoms with E-state index in [0.717, 1.165) is 0 Å². The van der Waals surface area contributed by atoms with Gasteiger partial charge in [0.25, 0.3) is 12.0 Å². The van der Waals surface area contributed by atoms with E-state index in [1.165, 1.54) is 16.4 Å². The van der Waals surface area contributed by atoms with Crippen molar-refractivity contribution in [1.82, 2.24) is 14.5 Å². The maximum atomic E-state index is 15.5. The minimum atomic E-state index is -4.44. The van der Waals surface area contributed by atoms with Crippen LogP contribution in [0, 0.1) is 11.8 Å². The average Bonchev–Trinajstić information content (AvgIpc) is 3.42. The van der Waals surface area contributed by atoms with Gasteiger partial charge >= 0.3 is 11.9 Å². The lowest BCUT2D eigenvalue weighted by Gasteiger charge is -2.38. The summed E-state index contributed by atoms with van der Waals surface area (Å²) in [6, 6.07) is -1.60. The van der Waals surface area contributed by atoms with Crippen LogP contribution in [0.25, 0.3) is 5.57 Å². The van der Waals surface area contributed by atoms with Gasteiger partial charge in [0, 0.05) is 37.2 Å². The molecule has 2 heterocycles. The number of hydrogen-bond donors (Lipinski definition) is 2. The lowest BCUT2D eigenvalue weighted by Crippen LogP contribution is -2.46. The largest absolute Gasteiger partial charge is 0.389 e. The summed E-state index contributed by atoms with van der Waals surface area (Å²) in [7, 11) is 0. The summed E-state index contributed by atoms with van der Waals surface area (Å²) < 4.78 is 83.8. The van der Waals surface area contributed by atoms with Gasteiger partial charge in [0.05, 0.1) is 17.2 Å². The highest BCUT2D eigenvalue weighted by molar-refractivity contribution is 5.74. The van der Waals surface area contributed by atoms with Crippen molar-refractivity contribution in [3.05, 3.63) is 37.9 Å². The van der Waals surface area contributed by atoms with E-state index < -0.39 is 71.0 Å². The molecular weight excluding hydrogens is 442 g/mol. The normalized spacial score (nSPS) is 29.2. The summed E-state index contributed by atoms with van der Waals surface area (Å²) in [6.07, 6.45) is -7.67. The highest BCUT2D eigenvalue weighted by Crippen LogP contribution is 2.47. The Bertz CT molecular complexity index is 1040. The summed E-state index contributed by atoms with van der Waals surface area (Å²) in [5.41, 5.74) is 2.19. The summed E-state index contributed by atoms with van der Waals surface area (Å²) in [4.78, 5) is 28.4. The molecule has 32 heavy (non-hydrogen) atoms. The fourth-order valence-corrected chi connectivity index (χ4v) is 5.30. The number of alkyl halides is 5. The summed E-state index contributed by atoms with van der Waals surface area (Å²) >= 11 is 0. The van der Waals surface area contributed by atoms with E-state index in [2.05, 4.69) is 0 Å². The van der Waals surface area contributed by atoms with E-state index in [0.29, 0.717) is 12.8 Å². The van der Waals surface area contributed by atoms with Crippen LogP contribution in [0.15, 0.2) is 15.4 Å². The van der Waals surface area contributed by atoms with E-state index in [1.807, 2.05) is 4.98 Å². The van der Waals surface area contributed by atoms with Crippen LogP contribution in [0.1, 0.15) is 49.4 Å². The quantitative estimate of drug-likeness (QED) is 0.654. The van der Waals surface area contributed by atoms with Crippen molar-refractivity contribution >= 4 is 5.57 Å². The molecule has 1 saturated carbocycles.